The van der Waals surface area contributed by atoms with Gasteiger partial charge < -0.3 is 9.80 Å². The number of hydrogen-bond acceptors (Lipinski definition) is 3. The van der Waals surface area contributed by atoms with Crippen LogP contribution in [0.3, 0.4) is 0 Å². The molecule has 31 heavy (non-hydrogen) atoms. The normalized spacial score (nSPS) is 18.6. The number of carbonyl (C=O) groups is 2. The monoisotopic (exact) mass is 419 g/mol. The van der Waals surface area contributed by atoms with E-state index in [0.717, 1.165) is 43.5 Å². The minimum absolute atomic E-state index is 0.0842. The van der Waals surface area contributed by atoms with E-state index in [9.17, 15) is 9.59 Å². The molecule has 0 N–H and O–H groups in total. The van der Waals surface area contributed by atoms with E-state index in [-0.39, 0.29) is 17.9 Å². The highest BCUT2D eigenvalue weighted by molar-refractivity contribution is 5.94. The first-order valence-corrected chi connectivity index (χ1v) is 11.6. The summed E-state index contributed by atoms with van der Waals surface area (Å²) in [6.07, 6.45) is 4.36. The van der Waals surface area contributed by atoms with Gasteiger partial charge >= 0.3 is 0 Å². The van der Waals surface area contributed by atoms with Crippen molar-refractivity contribution in [3.8, 4) is 0 Å². The first-order valence-electron chi connectivity index (χ1n) is 11.6. The Hall–Kier alpha value is -2.66. The number of likely N-dealkylation sites (tertiary alicyclic amines) is 1. The molecule has 2 amide bonds. The van der Waals surface area contributed by atoms with Crippen molar-refractivity contribution in [3.63, 3.8) is 0 Å². The number of rotatable bonds is 5. The number of aryl methyl sites for hydroxylation is 1. The molecule has 2 aliphatic rings. The molecular formula is C26H33N3O2. The summed E-state index contributed by atoms with van der Waals surface area (Å²) < 4.78 is 0. The van der Waals surface area contributed by atoms with E-state index >= 15 is 0 Å². The Morgan fingerprint density at radius 3 is 2.03 bits per heavy atom. The van der Waals surface area contributed by atoms with Crippen molar-refractivity contribution >= 4 is 11.8 Å². The summed E-state index contributed by atoms with van der Waals surface area (Å²) >= 11 is 0. The standard InChI is InChI=1S/C26H33N3O2/c1-2-21-11-13-23(14-12-21)25(30)29-19-17-27(18-20-29)24(22-9-5-3-6-10-22)26(31)28-15-7-4-8-16-28/h3,5-6,9-14,24H,2,4,7-8,15-20H2,1H3. The molecule has 5 nitrogen and oxygen atoms in total. The molecule has 0 aromatic heterocycles. The Balaban J connectivity index is 1.45. The number of hydrogen-bond donors (Lipinski definition) is 0. The van der Waals surface area contributed by atoms with E-state index in [4.69, 9.17) is 0 Å². The van der Waals surface area contributed by atoms with E-state index in [1.807, 2.05) is 52.3 Å². The Bertz CT molecular complexity index is 867. The second kappa shape index (κ2) is 10.1. The van der Waals surface area contributed by atoms with E-state index in [2.05, 4.69) is 24.0 Å². The van der Waals surface area contributed by atoms with Crippen LogP contribution in [-0.2, 0) is 11.2 Å². The van der Waals surface area contributed by atoms with E-state index < -0.39 is 0 Å². The first kappa shape index (κ1) is 21.6. The lowest BCUT2D eigenvalue weighted by Gasteiger charge is -2.41. The van der Waals surface area contributed by atoms with Gasteiger partial charge in [-0.2, -0.15) is 0 Å². The zero-order valence-electron chi connectivity index (χ0n) is 18.5. The van der Waals surface area contributed by atoms with Crippen LogP contribution in [0.4, 0.5) is 0 Å². The van der Waals surface area contributed by atoms with E-state index in [1.54, 1.807) is 0 Å². The summed E-state index contributed by atoms with van der Waals surface area (Å²) in [6, 6.07) is 17.8. The lowest BCUT2D eigenvalue weighted by molar-refractivity contribution is -0.138. The SMILES string of the molecule is CCc1ccc(C(=O)N2CCN(C(C(=O)N3CCCCC3)c3ccccc3)CC2)cc1. The third-order valence-corrected chi connectivity index (χ3v) is 6.59. The van der Waals surface area contributed by atoms with Crippen LogP contribution >= 0.6 is 0 Å². The molecule has 5 heteroatoms. The molecule has 0 saturated carbocycles. The van der Waals surface area contributed by atoms with Crippen molar-refractivity contribution < 1.29 is 9.59 Å². The molecule has 0 aliphatic carbocycles. The fourth-order valence-corrected chi connectivity index (χ4v) is 4.68. The summed E-state index contributed by atoms with van der Waals surface area (Å²) in [7, 11) is 0. The zero-order valence-corrected chi connectivity index (χ0v) is 18.5. The van der Waals surface area contributed by atoms with Crippen LogP contribution < -0.4 is 0 Å². The van der Waals surface area contributed by atoms with Crippen molar-refractivity contribution in [1.29, 1.82) is 0 Å². The molecule has 2 aliphatic heterocycles. The molecule has 4 rings (SSSR count). The van der Waals surface area contributed by atoms with Crippen molar-refractivity contribution in [2.45, 2.75) is 38.6 Å². The Kier molecular flexibility index (Phi) is 7.03. The lowest BCUT2D eigenvalue weighted by Crippen LogP contribution is -2.53. The van der Waals surface area contributed by atoms with E-state index in [0.29, 0.717) is 26.2 Å². The van der Waals surface area contributed by atoms with Gasteiger partial charge in [0, 0.05) is 44.8 Å². The van der Waals surface area contributed by atoms with Crippen LogP contribution in [0.1, 0.15) is 53.7 Å². The van der Waals surface area contributed by atoms with Crippen LogP contribution in [0.2, 0.25) is 0 Å². The Labute approximate surface area is 185 Å². The largest absolute Gasteiger partial charge is 0.341 e. The molecule has 1 unspecified atom stereocenters. The van der Waals surface area contributed by atoms with Gasteiger partial charge in [0.1, 0.15) is 6.04 Å². The van der Waals surface area contributed by atoms with Crippen molar-refractivity contribution in [2.24, 2.45) is 0 Å². The molecule has 2 saturated heterocycles. The summed E-state index contributed by atoms with van der Waals surface area (Å²) in [4.78, 5) is 32.7. The topological polar surface area (TPSA) is 43.9 Å². The van der Waals surface area contributed by atoms with Crippen LogP contribution in [0, 0.1) is 0 Å². The average Bonchev–Trinajstić information content (AvgIpc) is 2.85. The smallest absolute Gasteiger partial charge is 0.253 e. The molecule has 164 valence electrons. The van der Waals surface area contributed by atoms with Crippen molar-refractivity contribution in [2.75, 3.05) is 39.3 Å². The highest BCUT2D eigenvalue weighted by Gasteiger charge is 2.34. The second-order valence-electron chi connectivity index (χ2n) is 8.58. The second-order valence-corrected chi connectivity index (χ2v) is 8.58. The lowest BCUT2D eigenvalue weighted by atomic mass is 10.0. The number of benzene rings is 2. The number of piperazine rings is 1. The molecule has 0 spiro atoms. The summed E-state index contributed by atoms with van der Waals surface area (Å²) in [5.41, 5.74) is 3.03. The molecule has 2 fully saturated rings. The minimum atomic E-state index is -0.264. The maximum atomic E-state index is 13.5. The average molecular weight is 420 g/mol. The fourth-order valence-electron chi connectivity index (χ4n) is 4.68. The maximum absolute atomic E-state index is 13.5. The van der Waals surface area contributed by atoms with Gasteiger partial charge in [0.2, 0.25) is 5.91 Å². The highest BCUT2D eigenvalue weighted by Crippen LogP contribution is 2.26. The third kappa shape index (κ3) is 4.99. The van der Waals surface area contributed by atoms with Gasteiger partial charge in [-0.3, -0.25) is 14.5 Å². The molecule has 0 bridgehead atoms. The van der Waals surface area contributed by atoms with Gasteiger partial charge in [-0.25, -0.2) is 0 Å². The Morgan fingerprint density at radius 2 is 1.42 bits per heavy atom. The van der Waals surface area contributed by atoms with Crippen LogP contribution in [0.15, 0.2) is 54.6 Å². The maximum Gasteiger partial charge on any atom is 0.253 e. The molecule has 2 aromatic rings. The summed E-state index contributed by atoms with van der Waals surface area (Å²) in [5, 5.41) is 0. The minimum Gasteiger partial charge on any atom is -0.341 e. The molecule has 1 atom stereocenters. The van der Waals surface area contributed by atoms with Gasteiger partial charge in [-0.05, 0) is 48.9 Å². The van der Waals surface area contributed by atoms with Crippen molar-refractivity contribution in [1.82, 2.24) is 14.7 Å². The third-order valence-electron chi connectivity index (χ3n) is 6.59. The predicted molar refractivity (Wildman–Crippen MR) is 123 cm³/mol. The van der Waals surface area contributed by atoms with E-state index in [1.165, 1.54) is 12.0 Å². The van der Waals surface area contributed by atoms with Gasteiger partial charge in [0.15, 0.2) is 0 Å². The molecular weight excluding hydrogens is 386 g/mol. The predicted octanol–water partition coefficient (Wildman–Crippen LogP) is 3.76. The van der Waals surface area contributed by atoms with Gasteiger partial charge in [-0.1, -0.05) is 49.4 Å². The first-order chi connectivity index (χ1) is 15.2. The van der Waals surface area contributed by atoms with Gasteiger partial charge in [0.25, 0.3) is 5.91 Å². The van der Waals surface area contributed by atoms with Gasteiger partial charge in [-0.15, -0.1) is 0 Å². The molecule has 2 aromatic carbocycles. The molecule has 0 radical (unpaired) electrons. The summed E-state index contributed by atoms with van der Waals surface area (Å²) in [5.74, 6) is 0.293. The zero-order chi connectivity index (χ0) is 21.6. The number of carbonyl (C=O) groups excluding carboxylic acids is 2. The Morgan fingerprint density at radius 1 is 0.774 bits per heavy atom. The highest BCUT2D eigenvalue weighted by atomic mass is 16.2. The van der Waals surface area contributed by atoms with Gasteiger partial charge in [0.05, 0.1) is 0 Å². The quantitative estimate of drug-likeness (QED) is 0.741. The fraction of sp³-hybridized carbons (Fsp3) is 0.462. The van der Waals surface area contributed by atoms with Crippen LogP contribution in [0.5, 0.6) is 0 Å². The summed E-state index contributed by atoms with van der Waals surface area (Å²) in [6.45, 7) is 6.53. The number of amides is 2. The van der Waals surface area contributed by atoms with Crippen LogP contribution in [-0.4, -0.2) is 65.8 Å². The van der Waals surface area contributed by atoms with Crippen LogP contribution in [0.25, 0.3) is 0 Å². The molecule has 2 heterocycles. The number of piperidine rings is 1. The van der Waals surface area contributed by atoms with Crippen molar-refractivity contribution in [3.05, 3.63) is 71.3 Å². The number of nitrogens with zero attached hydrogens (tertiary/aromatic N) is 3.